The van der Waals surface area contributed by atoms with E-state index < -0.39 is 0 Å². The second-order valence-electron chi connectivity index (χ2n) is 10.5. The smallest absolute Gasteiger partial charge is 0.122 e. The van der Waals surface area contributed by atoms with Crippen molar-refractivity contribution in [3.63, 3.8) is 0 Å². The number of ether oxygens (including phenoxy) is 2. The quantitative estimate of drug-likeness (QED) is 0.455. The number of allylic oxidation sites excluding steroid dienone is 4. The molecule has 0 saturated heterocycles. The summed E-state index contributed by atoms with van der Waals surface area (Å²) in [7, 11) is 3.54. The summed E-state index contributed by atoms with van der Waals surface area (Å²) < 4.78 is 11.4. The van der Waals surface area contributed by atoms with E-state index in [1.165, 1.54) is 33.6 Å². The molecule has 2 aromatic rings. The van der Waals surface area contributed by atoms with Gasteiger partial charge in [0.05, 0.1) is 18.8 Å². The monoisotopic (exact) mass is 482 g/mol. The largest absolute Gasteiger partial charge is 0.496 e. The molecular weight excluding hydrogens is 444 g/mol. The predicted octanol–water partition coefficient (Wildman–Crippen LogP) is 7.28. The lowest BCUT2D eigenvalue weighted by Crippen LogP contribution is -2.35. The first-order valence-corrected chi connectivity index (χ1v) is 13.0. The van der Waals surface area contributed by atoms with Crippen LogP contribution in [0, 0.1) is 12.8 Å². The Bertz CT molecular complexity index is 1320. The van der Waals surface area contributed by atoms with Gasteiger partial charge in [0, 0.05) is 35.3 Å². The molecule has 0 spiro atoms. The molecule has 2 aliphatic carbocycles. The van der Waals surface area contributed by atoms with Gasteiger partial charge < -0.3 is 19.8 Å². The summed E-state index contributed by atoms with van der Waals surface area (Å²) in [5.41, 5.74) is 11.0. The molecule has 1 aromatic carbocycles. The van der Waals surface area contributed by atoms with E-state index in [-0.39, 0.29) is 5.60 Å². The first-order chi connectivity index (χ1) is 17.3. The van der Waals surface area contributed by atoms with Gasteiger partial charge >= 0.3 is 0 Å². The van der Waals surface area contributed by atoms with Gasteiger partial charge in [-0.2, -0.15) is 0 Å². The van der Waals surface area contributed by atoms with Crippen LogP contribution in [-0.2, 0) is 4.74 Å². The fraction of sp³-hybridized carbons (Fsp3) is 0.375. The summed E-state index contributed by atoms with van der Waals surface area (Å²) in [6.07, 6.45) is 14.6. The number of aromatic amines is 1. The van der Waals surface area contributed by atoms with Crippen LogP contribution in [0.4, 0.5) is 0 Å². The van der Waals surface area contributed by atoms with Gasteiger partial charge in [-0.1, -0.05) is 43.4 Å². The van der Waals surface area contributed by atoms with Crippen molar-refractivity contribution >= 4 is 5.57 Å². The van der Waals surface area contributed by atoms with Crippen LogP contribution in [0.1, 0.15) is 51.3 Å². The number of H-pyrrole nitrogens is 1. The Morgan fingerprint density at radius 2 is 1.81 bits per heavy atom. The SMILES string of the molecule is COc1cccc(-c2ccc(C3=CCC(C)C(C4=CCC(C5=C(C)C(C)(OC)CC=C5)N4)=C3)[nH]2)c1C. The minimum absolute atomic E-state index is 0.214. The van der Waals surface area contributed by atoms with Crippen molar-refractivity contribution in [1.82, 2.24) is 10.3 Å². The van der Waals surface area contributed by atoms with Gasteiger partial charge in [0.25, 0.3) is 0 Å². The second-order valence-corrected chi connectivity index (χ2v) is 10.5. The number of hydrogen-bond acceptors (Lipinski definition) is 3. The maximum atomic E-state index is 5.87. The van der Waals surface area contributed by atoms with E-state index in [9.17, 15) is 0 Å². The molecule has 0 saturated carbocycles. The number of methoxy groups -OCH3 is 2. The fourth-order valence-electron chi connectivity index (χ4n) is 5.73. The third kappa shape index (κ3) is 4.28. The average molecular weight is 483 g/mol. The van der Waals surface area contributed by atoms with Gasteiger partial charge in [-0.3, -0.25) is 0 Å². The van der Waals surface area contributed by atoms with Gasteiger partial charge in [-0.25, -0.2) is 0 Å². The summed E-state index contributed by atoms with van der Waals surface area (Å²) in [6.45, 7) is 8.84. The van der Waals surface area contributed by atoms with E-state index in [4.69, 9.17) is 9.47 Å². The Morgan fingerprint density at radius 3 is 2.58 bits per heavy atom. The van der Waals surface area contributed by atoms with Gasteiger partial charge in [0.15, 0.2) is 0 Å². The highest BCUT2D eigenvalue weighted by atomic mass is 16.5. The summed E-state index contributed by atoms with van der Waals surface area (Å²) >= 11 is 0. The maximum absolute atomic E-state index is 5.87. The Balaban J connectivity index is 1.38. The molecule has 36 heavy (non-hydrogen) atoms. The average Bonchev–Trinajstić information content (AvgIpc) is 3.57. The van der Waals surface area contributed by atoms with E-state index in [2.05, 4.69) is 86.6 Å². The summed E-state index contributed by atoms with van der Waals surface area (Å²) in [4.78, 5) is 3.66. The zero-order chi connectivity index (χ0) is 25.4. The van der Waals surface area contributed by atoms with Gasteiger partial charge in [-0.05, 0) is 92.5 Å². The van der Waals surface area contributed by atoms with Crippen molar-refractivity contribution < 1.29 is 9.47 Å². The summed E-state index contributed by atoms with van der Waals surface area (Å²) in [5.74, 6) is 1.39. The Kier molecular flexibility index (Phi) is 6.57. The molecule has 3 atom stereocenters. The zero-order valence-electron chi connectivity index (χ0n) is 22.4. The Morgan fingerprint density at radius 1 is 1.00 bits per heavy atom. The highest BCUT2D eigenvalue weighted by molar-refractivity contribution is 5.78. The van der Waals surface area contributed by atoms with Crippen LogP contribution in [-0.4, -0.2) is 30.8 Å². The lowest BCUT2D eigenvalue weighted by Gasteiger charge is -2.34. The molecule has 0 radical (unpaired) electrons. The van der Waals surface area contributed by atoms with Gasteiger partial charge in [-0.15, -0.1) is 0 Å². The topological polar surface area (TPSA) is 46.3 Å². The van der Waals surface area contributed by atoms with Crippen LogP contribution in [0.5, 0.6) is 5.75 Å². The molecule has 4 nitrogen and oxygen atoms in total. The van der Waals surface area contributed by atoms with E-state index in [1.54, 1.807) is 7.11 Å². The molecule has 0 amide bonds. The number of rotatable bonds is 6. The van der Waals surface area contributed by atoms with Crippen molar-refractivity contribution in [2.45, 2.75) is 58.6 Å². The van der Waals surface area contributed by atoms with Crippen molar-refractivity contribution in [3.05, 3.63) is 94.4 Å². The molecule has 0 bridgehead atoms. The molecule has 1 aliphatic heterocycles. The minimum atomic E-state index is -0.214. The molecular formula is C32H38N2O2. The number of nitrogens with one attached hydrogen (secondary N) is 2. The van der Waals surface area contributed by atoms with E-state index >= 15 is 0 Å². The molecule has 2 N–H and O–H groups in total. The molecule has 3 aliphatic rings. The zero-order valence-corrected chi connectivity index (χ0v) is 22.4. The molecule has 3 unspecified atom stereocenters. The molecule has 0 fully saturated rings. The minimum Gasteiger partial charge on any atom is -0.496 e. The lowest BCUT2D eigenvalue weighted by molar-refractivity contribution is 0.0386. The highest BCUT2D eigenvalue weighted by Crippen LogP contribution is 2.39. The van der Waals surface area contributed by atoms with Crippen molar-refractivity contribution in [2.75, 3.05) is 14.2 Å². The first kappa shape index (κ1) is 24.5. The number of benzene rings is 1. The maximum Gasteiger partial charge on any atom is 0.122 e. The van der Waals surface area contributed by atoms with Crippen LogP contribution in [0.2, 0.25) is 0 Å². The molecule has 5 rings (SSSR count). The van der Waals surface area contributed by atoms with E-state index in [1.807, 2.05) is 19.2 Å². The number of hydrogen-bond donors (Lipinski definition) is 2. The predicted molar refractivity (Wildman–Crippen MR) is 149 cm³/mol. The molecule has 188 valence electrons. The molecule has 4 heteroatoms. The Labute approximate surface area is 215 Å². The standard InChI is InChI=1S/C32H38N2O2/c1-20-12-13-23(27-14-15-28(33-27)24-9-7-11-31(35-5)21(24)2)19-26(20)30-17-16-29(34-30)25-10-8-18-32(4,36-6)22(25)3/h7-11,13-15,17,19-20,29,33-34H,12,16,18H2,1-6H3. The van der Waals surface area contributed by atoms with Crippen LogP contribution in [0.25, 0.3) is 16.8 Å². The third-order valence-corrected chi connectivity index (χ3v) is 8.38. The van der Waals surface area contributed by atoms with Crippen LogP contribution in [0.15, 0.2) is 83.1 Å². The van der Waals surface area contributed by atoms with Gasteiger partial charge in [0.2, 0.25) is 0 Å². The second kappa shape index (κ2) is 9.67. The van der Waals surface area contributed by atoms with E-state index in [0.29, 0.717) is 12.0 Å². The molecule has 2 heterocycles. The first-order valence-electron chi connectivity index (χ1n) is 13.0. The van der Waals surface area contributed by atoms with Crippen molar-refractivity contribution in [1.29, 1.82) is 0 Å². The van der Waals surface area contributed by atoms with Crippen molar-refractivity contribution in [3.8, 4) is 17.0 Å². The van der Waals surface area contributed by atoms with Crippen LogP contribution < -0.4 is 10.1 Å². The van der Waals surface area contributed by atoms with Gasteiger partial charge in [0.1, 0.15) is 5.75 Å². The fourth-order valence-corrected chi connectivity index (χ4v) is 5.73. The van der Waals surface area contributed by atoms with Crippen LogP contribution in [0.3, 0.4) is 0 Å². The highest BCUT2D eigenvalue weighted by Gasteiger charge is 2.33. The normalized spacial score (nSPS) is 25.9. The Hall–Kier alpha value is -3.24. The lowest BCUT2D eigenvalue weighted by atomic mass is 9.82. The van der Waals surface area contributed by atoms with E-state index in [0.717, 1.165) is 42.0 Å². The third-order valence-electron chi connectivity index (χ3n) is 8.38. The summed E-state index contributed by atoms with van der Waals surface area (Å²) in [6, 6.07) is 10.9. The number of aromatic nitrogens is 1. The van der Waals surface area contributed by atoms with Crippen molar-refractivity contribution in [2.24, 2.45) is 5.92 Å². The van der Waals surface area contributed by atoms with Crippen LogP contribution >= 0.6 is 0 Å². The summed E-state index contributed by atoms with van der Waals surface area (Å²) in [5, 5.41) is 3.85. The molecule has 1 aromatic heterocycles.